The number of likely N-dealkylation sites (tertiary alicyclic amines) is 1. The minimum Gasteiger partial charge on any atom is -0.489 e. The van der Waals surface area contributed by atoms with Gasteiger partial charge in [0, 0.05) is 25.7 Å². The fourth-order valence-corrected chi connectivity index (χ4v) is 5.36. The topological polar surface area (TPSA) is 59.1 Å². The van der Waals surface area contributed by atoms with E-state index in [1.54, 1.807) is 29.2 Å². The Morgan fingerprint density at radius 1 is 0.810 bits per heavy atom. The summed E-state index contributed by atoms with van der Waals surface area (Å²) in [6, 6.07) is 34.6. The molecule has 0 spiro atoms. The first-order chi connectivity index (χ1) is 20.5. The molecular formula is C36H38N2O4. The third kappa shape index (κ3) is 7.65. The zero-order chi connectivity index (χ0) is 29.3. The largest absolute Gasteiger partial charge is 0.489 e. The zero-order valence-corrected chi connectivity index (χ0v) is 24.3. The van der Waals surface area contributed by atoms with Crippen LogP contribution >= 0.6 is 0 Å². The van der Waals surface area contributed by atoms with Gasteiger partial charge in [0.1, 0.15) is 18.5 Å². The Morgan fingerprint density at radius 3 is 2.10 bits per heavy atom. The van der Waals surface area contributed by atoms with Gasteiger partial charge in [-0.25, -0.2) is 4.79 Å². The van der Waals surface area contributed by atoms with Gasteiger partial charge in [-0.15, -0.1) is 0 Å². The fourth-order valence-electron chi connectivity index (χ4n) is 5.36. The number of esters is 1. The number of carbonyl (C=O) groups excluding carboxylic acids is 2. The predicted molar refractivity (Wildman–Crippen MR) is 164 cm³/mol. The first-order valence-corrected chi connectivity index (χ1v) is 14.5. The lowest BCUT2D eigenvalue weighted by atomic mass is 10.0. The molecule has 1 aliphatic rings. The molecule has 0 saturated carbocycles. The molecule has 0 bridgehead atoms. The summed E-state index contributed by atoms with van der Waals surface area (Å²) in [6.07, 6.45) is 1.12. The van der Waals surface area contributed by atoms with Crippen LogP contribution < -0.4 is 4.74 Å². The van der Waals surface area contributed by atoms with Crippen molar-refractivity contribution in [3.63, 3.8) is 0 Å². The molecule has 0 radical (unpaired) electrons. The van der Waals surface area contributed by atoms with E-state index in [9.17, 15) is 9.59 Å². The molecule has 1 aliphatic heterocycles. The van der Waals surface area contributed by atoms with Crippen LogP contribution in [0.2, 0.25) is 0 Å². The quantitative estimate of drug-likeness (QED) is 0.217. The van der Waals surface area contributed by atoms with Gasteiger partial charge in [0.05, 0.1) is 11.6 Å². The van der Waals surface area contributed by atoms with E-state index in [1.807, 2.05) is 86.8 Å². The third-order valence-corrected chi connectivity index (χ3v) is 7.80. The van der Waals surface area contributed by atoms with Crippen molar-refractivity contribution in [1.29, 1.82) is 0 Å². The van der Waals surface area contributed by atoms with Gasteiger partial charge in [-0.3, -0.25) is 9.69 Å². The zero-order valence-electron chi connectivity index (χ0n) is 24.3. The summed E-state index contributed by atoms with van der Waals surface area (Å²) in [5, 5.41) is 0. The lowest BCUT2D eigenvalue weighted by Crippen LogP contribution is -2.50. The van der Waals surface area contributed by atoms with E-state index >= 15 is 0 Å². The number of nitrogens with zero attached hydrogens (tertiary/aromatic N) is 2. The first kappa shape index (κ1) is 29.1. The van der Waals surface area contributed by atoms with E-state index in [4.69, 9.17) is 9.47 Å². The number of carbonyl (C=O) groups is 2. The molecule has 4 aromatic carbocycles. The lowest BCUT2D eigenvalue weighted by molar-refractivity contribution is -0.000210. The number of likely N-dealkylation sites (N-methyl/N-ethyl adjacent to an activating group) is 1. The average molecular weight is 563 g/mol. The molecule has 5 rings (SSSR count). The smallest absolute Gasteiger partial charge is 0.338 e. The molecule has 2 atom stereocenters. The molecule has 1 saturated heterocycles. The summed E-state index contributed by atoms with van der Waals surface area (Å²) in [6.45, 7) is 4.67. The van der Waals surface area contributed by atoms with Gasteiger partial charge < -0.3 is 14.4 Å². The number of aryl methyl sites for hydroxylation is 1. The van der Waals surface area contributed by atoms with Crippen molar-refractivity contribution in [2.75, 3.05) is 20.1 Å². The van der Waals surface area contributed by atoms with Crippen LogP contribution in [0, 0.1) is 6.92 Å². The van der Waals surface area contributed by atoms with Gasteiger partial charge in [0.15, 0.2) is 0 Å². The summed E-state index contributed by atoms with van der Waals surface area (Å²) < 4.78 is 12.0. The van der Waals surface area contributed by atoms with Crippen LogP contribution in [0.5, 0.6) is 5.75 Å². The maximum absolute atomic E-state index is 13.8. The second kappa shape index (κ2) is 14.0. The van der Waals surface area contributed by atoms with Crippen LogP contribution in [-0.4, -0.2) is 54.0 Å². The normalized spacial score (nSPS) is 17.2. The van der Waals surface area contributed by atoms with Crippen molar-refractivity contribution in [3.8, 4) is 5.75 Å². The molecule has 42 heavy (non-hydrogen) atoms. The molecule has 2 unspecified atom stereocenters. The number of hydrogen-bond donors (Lipinski definition) is 0. The molecule has 0 aromatic heterocycles. The molecule has 216 valence electrons. The molecular weight excluding hydrogens is 524 g/mol. The van der Waals surface area contributed by atoms with Crippen molar-refractivity contribution >= 4 is 11.9 Å². The van der Waals surface area contributed by atoms with Gasteiger partial charge in [0.25, 0.3) is 5.91 Å². The first-order valence-electron chi connectivity index (χ1n) is 14.5. The van der Waals surface area contributed by atoms with Crippen molar-refractivity contribution in [2.45, 2.75) is 45.1 Å². The summed E-state index contributed by atoms with van der Waals surface area (Å²) in [5.74, 6) is 0.223. The highest BCUT2D eigenvalue weighted by atomic mass is 16.5. The van der Waals surface area contributed by atoms with Gasteiger partial charge in [0.2, 0.25) is 0 Å². The number of ether oxygens (including phenoxy) is 2. The Bertz CT molecular complexity index is 1440. The highest BCUT2D eigenvalue weighted by Gasteiger charge is 2.35. The van der Waals surface area contributed by atoms with Crippen LogP contribution in [0.1, 0.15) is 50.2 Å². The van der Waals surface area contributed by atoms with Crippen molar-refractivity contribution in [1.82, 2.24) is 9.80 Å². The van der Waals surface area contributed by atoms with Gasteiger partial charge >= 0.3 is 5.97 Å². The summed E-state index contributed by atoms with van der Waals surface area (Å²) in [5.41, 5.74) is 4.46. The Balaban J connectivity index is 1.32. The van der Waals surface area contributed by atoms with Crippen LogP contribution in [0.15, 0.2) is 109 Å². The van der Waals surface area contributed by atoms with Gasteiger partial charge in [-0.05, 0) is 73.8 Å². The molecule has 1 amide bonds. The number of hydrogen-bond acceptors (Lipinski definition) is 5. The van der Waals surface area contributed by atoms with Crippen LogP contribution in [-0.2, 0) is 17.9 Å². The minimum atomic E-state index is -0.429. The fraction of sp³-hybridized carbons (Fsp3) is 0.278. The van der Waals surface area contributed by atoms with E-state index in [0.29, 0.717) is 36.4 Å². The molecule has 0 N–H and O–H groups in total. The highest BCUT2D eigenvalue weighted by molar-refractivity contribution is 5.94. The molecule has 1 fully saturated rings. The van der Waals surface area contributed by atoms with Crippen LogP contribution in [0.3, 0.4) is 0 Å². The molecule has 1 heterocycles. The predicted octanol–water partition coefficient (Wildman–Crippen LogP) is 6.54. The number of benzene rings is 4. The highest BCUT2D eigenvalue weighted by Crippen LogP contribution is 2.24. The molecule has 6 nitrogen and oxygen atoms in total. The summed E-state index contributed by atoms with van der Waals surface area (Å²) in [4.78, 5) is 31.0. The van der Waals surface area contributed by atoms with Gasteiger partial charge in [-0.1, -0.05) is 78.4 Å². The molecule has 4 aromatic rings. The Morgan fingerprint density at radius 2 is 1.43 bits per heavy atom. The van der Waals surface area contributed by atoms with Gasteiger partial charge in [-0.2, -0.15) is 0 Å². The third-order valence-electron chi connectivity index (χ3n) is 7.80. The average Bonchev–Trinajstić information content (AvgIpc) is 3.22. The van der Waals surface area contributed by atoms with E-state index in [1.165, 1.54) is 5.56 Å². The molecule has 0 aliphatic carbocycles. The number of rotatable bonds is 9. The Labute approximate surface area is 248 Å². The van der Waals surface area contributed by atoms with Crippen LogP contribution in [0.25, 0.3) is 0 Å². The second-order valence-electron chi connectivity index (χ2n) is 11.0. The maximum Gasteiger partial charge on any atom is 0.338 e. The van der Waals surface area contributed by atoms with E-state index < -0.39 is 6.10 Å². The second-order valence-corrected chi connectivity index (χ2v) is 11.0. The lowest BCUT2D eigenvalue weighted by Gasteiger charge is -2.35. The van der Waals surface area contributed by atoms with E-state index in [-0.39, 0.29) is 17.9 Å². The number of amides is 1. The van der Waals surface area contributed by atoms with Crippen molar-refractivity contribution < 1.29 is 19.1 Å². The van der Waals surface area contributed by atoms with Crippen molar-refractivity contribution in [2.24, 2.45) is 0 Å². The van der Waals surface area contributed by atoms with Crippen molar-refractivity contribution in [3.05, 3.63) is 137 Å². The Hall–Kier alpha value is -4.42. The Kier molecular flexibility index (Phi) is 9.67. The monoisotopic (exact) mass is 562 g/mol. The minimum absolute atomic E-state index is 0.118. The summed E-state index contributed by atoms with van der Waals surface area (Å²) >= 11 is 0. The molecule has 6 heteroatoms. The summed E-state index contributed by atoms with van der Waals surface area (Å²) in [7, 11) is 1.81. The maximum atomic E-state index is 13.8. The SMILES string of the molecule is Cc1ccc(C(=O)OC2CCCN(Cc3ccccc3)CC2N(C)C(=O)c2ccc(OCc3ccccc3)cc2)cc1. The standard InChI is InChI=1S/C36H38N2O4/c1-27-15-17-31(18-16-27)36(40)42-34-14-9-23-38(24-28-10-5-3-6-11-28)25-33(34)37(2)35(39)30-19-21-32(22-20-30)41-26-29-12-7-4-8-13-29/h3-8,10-13,15-22,33-34H,9,14,23-26H2,1-2H3. The van der Waals surface area contributed by atoms with Crippen LogP contribution in [0.4, 0.5) is 0 Å². The van der Waals surface area contributed by atoms with E-state index in [0.717, 1.165) is 30.6 Å². The van der Waals surface area contributed by atoms with E-state index in [2.05, 4.69) is 17.0 Å².